The summed E-state index contributed by atoms with van der Waals surface area (Å²) in [6.45, 7) is 1.04. The van der Waals surface area contributed by atoms with Crippen molar-refractivity contribution in [3.05, 3.63) is 53.8 Å². The summed E-state index contributed by atoms with van der Waals surface area (Å²) in [6, 6.07) is 11.9. The predicted molar refractivity (Wildman–Crippen MR) is 72.7 cm³/mol. The topological polar surface area (TPSA) is 29.9 Å². The third-order valence-corrected chi connectivity index (χ3v) is 5.10. The van der Waals surface area contributed by atoms with Gasteiger partial charge in [-0.25, -0.2) is 0 Å². The molecular weight excluding hydrogens is 295 g/mol. The molecule has 0 amide bonds. The second-order valence-electron chi connectivity index (χ2n) is 3.70. The Morgan fingerprint density at radius 2 is 1.94 bits per heavy atom. The molecule has 2 aromatic rings. The summed E-state index contributed by atoms with van der Waals surface area (Å²) in [5.41, 5.74) is 6.76. The van der Waals surface area contributed by atoms with Crippen LogP contribution >= 0.6 is 11.6 Å². The van der Waals surface area contributed by atoms with Crippen LogP contribution in [0.15, 0.2) is 48.8 Å². The van der Waals surface area contributed by atoms with Crippen molar-refractivity contribution in [1.29, 1.82) is 0 Å². The Kier molecular flexibility index (Phi) is 4.47. The van der Waals surface area contributed by atoms with E-state index in [2.05, 4.69) is 17.0 Å². The van der Waals surface area contributed by atoms with Gasteiger partial charge in [0.15, 0.2) is 0 Å². The minimum absolute atomic E-state index is 0.112. The van der Waals surface area contributed by atoms with Crippen LogP contribution in [0.5, 0.6) is 0 Å². The molecule has 4 heteroatoms. The monoisotopic (exact) mass is 308 g/mol. The van der Waals surface area contributed by atoms with E-state index in [1.807, 2.05) is 36.4 Å². The Morgan fingerprint density at radius 1 is 1.18 bits per heavy atom. The molecule has 1 aromatic carbocycles. The van der Waals surface area contributed by atoms with E-state index in [9.17, 15) is 0 Å². The van der Waals surface area contributed by atoms with Crippen LogP contribution in [-0.2, 0) is 6.54 Å². The zero-order valence-corrected chi connectivity index (χ0v) is 12.0. The molecule has 0 saturated heterocycles. The maximum absolute atomic E-state index is 5.93. The number of nitrogen functional groups attached to an aromatic ring is 1. The van der Waals surface area contributed by atoms with Crippen molar-refractivity contribution in [3.8, 4) is 0 Å². The molecule has 0 unspecified atom stereocenters. The molecule has 1 radical (unpaired) electrons. The second kappa shape index (κ2) is 6.09. The summed E-state index contributed by atoms with van der Waals surface area (Å²) < 4.78 is 3.46. The molecule has 1 aromatic heterocycles. The summed E-state index contributed by atoms with van der Waals surface area (Å²) in [7, 11) is 0. The quantitative estimate of drug-likeness (QED) is 0.520. The molecule has 0 bridgehead atoms. The second-order valence-corrected chi connectivity index (χ2v) is 6.75. The molecule has 0 aliphatic rings. The summed E-state index contributed by atoms with van der Waals surface area (Å²) in [5, 5.41) is 1.88. The summed E-state index contributed by atoms with van der Waals surface area (Å²) in [4.78, 5) is 0. The first-order chi connectivity index (χ1) is 8.25. The molecule has 1 heterocycles. The number of pyridine rings is 1. The molecule has 0 fully saturated rings. The van der Waals surface area contributed by atoms with Crippen LogP contribution in [0.4, 0.5) is 5.69 Å². The number of benzene rings is 1. The Balaban J connectivity index is 1.90. The summed E-state index contributed by atoms with van der Waals surface area (Å²) in [5.74, 6) is 0. The van der Waals surface area contributed by atoms with E-state index in [4.69, 9.17) is 17.3 Å². The van der Waals surface area contributed by atoms with Crippen LogP contribution in [0.2, 0.25) is 10.2 Å². The van der Waals surface area contributed by atoms with Crippen molar-refractivity contribution in [2.45, 2.75) is 11.8 Å². The van der Waals surface area contributed by atoms with Gasteiger partial charge in [-0.2, -0.15) is 0 Å². The van der Waals surface area contributed by atoms with E-state index in [0.29, 0.717) is 5.02 Å². The molecular formula is C13H14AsClN2+. The Morgan fingerprint density at radius 3 is 2.65 bits per heavy atom. The van der Waals surface area contributed by atoms with Crippen molar-refractivity contribution in [1.82, 2.24) is 0 Å². The van der Waals surface area contributed by atoms with E-state index in [1.54, 1.807) is 0 Å². The van der Waals surface area contributed by atoms with E-state index < -0.39 is 0 Å². The first-order valence-electron chi connectivity index (χ1n) is 5.42. The van der Waals surface area contributed by atoms with Gasteiger partial charge in [-0.1, -0.05) is 0 Å². The zero-order valence-electron chi connectivity index (χ0n) is 9.38. The third kappa shape index (κ3) is 3.76. The Hall–Kier alpha value is -0.982. The molecule has 0 aliphatic carbocycles. The van der Waals surface area contributed by atoms with E-state index >= 15 is 0 Å². The zero-order chi connectivity index (χ0) is 12.1. The fraction of sp³-hybridized carbons (Fsp3) is 0.154. The molecule has 0 atom stereocenters. The predicted octanol–water partition coefficient (Wildman–Crippen LogP) is 1.66. The number of halogens is 1. The van der Waals surface area contributed by atoms with Crippen molar-refractivity contribution in [2.24, 2.45) is 0 Å². The number of hydrogen-bond donors (Lipinski definition) is 1. The number of nitrogens with two attached hydrogens (primary N) is 1. The maximum atomic E-state index is 5.93. The fourth-order valence-corrected chi connectivity index (χ4v) is 3.82. The summed E-state index contributed by atoms with van der Waals surface area (Å²) in [6.07, 6.45) is 4.18. The van der Waals surface area contributed by atoms with Crippen LogP contribution in [0, 0.1) is 0 Å². The number of nitrogens with zero attached hydrogens (tertiary/aromatic N) is 1. The van der Waals surface area contributed by atoms with Gasteiger partial charge in [0, 0.05) is 0 Å². The van der Waals surface area contributed by atoms with Crippen molar-refractivity contribution >= 4 is 37.4 Å². The fourth-order valence-electron chi connectivity index (χ4n) is 1.54. The first-order valence-corrected chi connectivity index (χ1v) is 8.06. The Labute approximate surface area is 113 Å². The SMILES string of the molecule is Nc1cc(Cl)ccc1[As]CC[n+]1ccccc1. The number of anilines is 1. The minimum atomic E-state index is 0.112. The van der Waals surface area contributed by atoms with Gasteiger partial charge >= 0.3 is 113 Å². The molecule has 0 saturated carbocycles. The molecule has 2 N–H and O–H groups in total. The van der Waals surface area contributed by atoms with Crippen LogP contribution in [0.3, 0.4) is 0 Å². The first kappa shape index (κ1) is 12.5. The van der Waals surface area contributed by atoms with Crippen LogP contribution in [0.1, 0.15) is 0 Å². The van der Waals surface area contributed by atoms with E-state index in [-0.39, 0.29) is 15.8 Å². The average molecular weight is 309 g/mol. The third-order valence-electron chi connectivity index (χ3n) is 2.41. The van der Waals surface area contributed by atoms with Crippen LogP contribution in [-0.4, -0.2) is 15.8 Å². The van der Waals surface area contributed by atoms with Crippen LogP contribution in [0.25, 0.3) is 0 Å². The van der Waals surface area contributed by atoms with Gasteiger partial charge in [-0.15, -0.1) is 0 Å². The van der Waals surface area contributed by atoms with E-state index in [0.717, 1.165) is 17.4 Å². The molecule has 0 spiro atoms. The number of hydrogen-bond acceptors (Lipinski definition) is 1. The standard InChI is InChI=1S/C13H14AsClN2/c15-11-4-5-12(13(16)10-11)14-6-9-17-7-2-1-3-8-17/h1-5,7-8,10H,6,9,16H2/q+1. The van der Waals surface area contributed by atoms with Gasteiger partial charge in [-0.3, -0.25) is 0 Å². The number of rotatable bonds is 4. The van der Waals surface area contributed by atoms with Crippen molar-refractivity contribution in [3.63, 3.8) is 0 Å². The number of aromatic nitrogens is 1. The van der Waals surface area contributed by atoms with Gasteiger partial charge in [-0.05, 0) is 0 Å². The van der Waals surface area contributed by atoms with Crippen LogP contribution < -0.4 is 14.7 Å². The Bertz CT molecular complexity index is 488. The summed E-state index contributed by atoms with van der Waals surface area (Å²) >= 11 is 5.99. The van der Waals surface area contributed by atoms with Gasteiger partial charge in [0.25, 0.3) is 0 Å². The van der Waals surface area contributed by atoms with Gasteiger partial charge in [0.05, 0.1) is 0 Å². The van der Waals surface area contributed by atoms with Crippen molar-refractivity contribution < 1.29 is 4.57 Å². The average Bonchev–Trinajstić information content (AvgIpc) is 2.33. The van der Waals surface area contributed by atoms with E-state index in [1.165, 1.54) is 4.35 Å². The molecule has 87 valence electrons. The van der Waals surface area contributed by atoms with Crippen molar-refractivity contribution in [2.75, 3.05) is 5.73 Å². The molecule has 2 rings (SSSR count). The normalized spacial score (nSPS) is 11.1. The number of aryl methyl sites for hydroxylation is 1. The molecule has 17 heavy (non-hydrogen) atoms. The molecule has 2 nitrogen and oxygen atoms in total. The van der Waals surface area contributed by atoms with Gasteiger partial charge in [0.2, 0.25) is 0 Å². The van der Waals surface area contributed by atoms with Gasteiger partial charge < -0.3 is 0 Å². The molecule has 0 aliphatic heterocycles. The van der Waals surface area contributed by atoms with Gasteiger partial charge in [0.1, 0.15) is 0 Å².